The van der Waals surface area contributed by atoms with Crippen molar-refractivity contribution in [2.45, 2.75) is 107 Å². The fraction of sp³-hybridized carbons (Fsp3) is 0.760. The highest BCUT2D eigenvalue weighted by atomic mass is 32.4. The van der Waals surface area contributed by atoms with Crippen molar-refractivity contribution in [2.24, 2.45) is 5.92 Å². The van der Waals surface area contributed by atoms with Crippen LogP contribution in [0.3, 0.4) is 0 Å². The molecule has 1 aliphatic carbocycles. The molecule has 0 radical (unpaired) electrons. The second kappa shape index (κ2) is 12.1. The molecule has 0 unspecified atom stereocenters. The standard InChI is InChI=1S/C25H42FN2O6PS2Si/c1-15(2)16-9-11-25(6,36)18(13-16)33-35(37)34-21-17(14-31-38(7,8)24(3,4)5)32-22(20(21)26)28-12-10-19(29)27-23(28)30/h10,12,16-18,20-22,35-36H,1,9,11,13-14H2,2-8H3,(H,27,29,30)/t16-,17+,18+,20+,21+,22+,25+/m0/s1. The van der Waals surface area contributed by atoms with E-state index in [2.05, 4.69) is 45.4 Å². The molecule has 3 rings (SSSR count). The lowest BCUT2D eigenvalue weighted by Crippen LogP contribution is -2.44. The zero-order chi connectivity index (χ0) is 28.6. The Balaban J connectivity index is 1.81. The first-order chi connectivity index (χ1) is 17.4. The average molecular weight is 609 g/mol. The summed E-state index contributed by atoms with van der Waals surface area (Å²) in [4.78, 5) is 26.1. The fourth-order valence-electron chi connectivity index (χ4n) is 4.46. The number of aromatic amines is 1. The minimum absolute atomic E-state index is 0.0692. The summed E-state index contributed by atoms with van der Waals surface area (Å²) in [7, 11) is -4.56. The number of nitrogens with zero attached hydrogens (tertiary/aromatic N) is 1. The maximum Gasteiger partial charge on any atom is 0.330 e. The van der Waals surface area contributed by atoms with E-state index in [-0.39, 0.29) is 17.7 Å². The molecule has 13 heteroatoms. The number of halogens is 1. The van der Waals surface area contributed by atoms with Crippen molar-refractivity contribution in [3.05, 3.63) is 45.3 Å². The Labute approximate surface area is 236 Å². The molecule has 1 N–H and O–H groups in total. The normalized spacial score (nSPS) is 33.3. The maximum absolute atomic E-state index is 15.9. The summed E-state index contributed by atoms with van der Waals surface area (Å²) in [5.74, 6) is 0.302. The van der Waals surface area contributed by atoms with Gasteiger partial charge in [-0.2, -0.15) is 12.6 Å². The van der Waals surface area contributed by atoms with E-state index >= 15 is 4.39 Å². The van der Waals surface area contributed by atoms with Gasteiger partial charge in [-0.15, -0.1) is 0 Å². The third-order valence-corrected chi connectivity index (χ3v) is 14.7. The predicted octanol–water partition coefficient (Wildman–Crippen LogP) is 5.14. The van der Waals surface area contributed by atoms with E-state index in [1.807, 2.05) is 13.8 Å². The number of hydrogen-bond acceptors (Lipinski definition) is 8. The van der Waals surface area contributed by atoms with E-state index in [1.165, 1.54) is 6.20 Å². The van der Waals surface area contributed by atoms with Crippen LogP contribution in [0.2, 0.25) is 18.1 Å². The molecule has 38 heavy (non-hydrogen) atoms. The third kappa shape index (κ3) is 7.37. The topological polar surface area (TPSA) is 91.8 Å². The lowest BCUT2D eigenvalue weighted by molar-refractivity contribution is -0.0449. The van der Waals surface area contributed by atoms with Gasteiger partial charge in [0, 0.05) is 17.0 Å². The fourth-order valence-corrected chi connectivity index (χ4v) is 7.69. The van der Waals surface area contributed by atoms with Crippen LogP contribution in [0.1, 0.15) is 60.1 Å². The van der Waals surface area contributed by atoms with E-state index in [0.717, 1.165) is 35.5 Å². The van der Waals surface area contributed by atoms with Gasteiger partial charge in [0.1, 0.15) is 12.2 Å². The van der Waals surface area contributed by atoms with Crippen LogP contribution in [0.25, 0.3) is 0 Å². The van der Waals surface area contributed by atoms with Gasteiger partial charge >= 0.3 is 5.69 Å². The Morgan fingerprint density at radius 1 is 1.39 bits per heavy atom. The van der Waals surface area contributed by atoms with Crippen LogP contribution >= 0.6 is 19.8 Å². The molecule has 1 aromatic rings. The summed E-state index contributed by atoms with van der Waals surface area (Å²) in [6.45, 7) is 18.7. The highest BCUT2D eigenvalue weighted by molar-refractivity contribution is 8.00. The second-order valence-electron chi connectivity index (χ2n) is 12.2. The van der Waals surface area contributed by atoms with Gasteiger partial charge in [-0.25, -0.2) is 9.18 Å². The number of allylic oxidation sites excluding steroid dienone is 1. The molecule has 216 valence electrons. The van der Waals surface area contributed by atoms with Crippen LogP contribution in [0.15, 0.2) is 34.0 Å². The van der Waals surface area contributed by atoms with Crippen LogP contribution in [0.5, 0.6) is 0 Å². The van der Waals surface area contributed by atoms with Gasteiger partial charge in [0.15, 0.2) is 27.9 Å². The summed E-state index contributed by atoms with van der Waals surface area (Å²) in [6, 6.07) is 1.15. The monoisotopic (exact) mass is 608 g/mol. The van der Waals surface area contributed by atoms with Gasteiger partial charge in [0.05, 0.1) is 12.7 Å². The van der Waals surface area contributed by atoms with Crippen molar-refractivity contribution < 1.29 is 22.6 Å². The Hall–Kier alpha value is -0.593. The van der Waals surface area contributed by atoms with Crippen LogP contribution < -0.4 is 11.2 Å². The molecule has 0 bridgehead atoms. The molecule has 1 saturated carbocycles. The molecular formula is C25H42FN2O6PS2Si. The number of ether oxygens (including phenoxy) is 1. The summed E-state index contributed by atoms with van der Waals surface area (Å²) >= 11 is 10.4. The minimum Gasteiger partial charge on any atom is -0.414 e. The molecule has 1 saturated heterocycles. The Kier molecular flexibility index (Phi) is 10.2. The van der Waals surface area contributed by atoms with Gasteiger partial charge in [0.2, 0.25) is 0 Å². The number of nitrogens with one attached hydrogen (secondary N) is 1. The van der Waals surface area contributed by atoms with Crippen LogP contribution in [-0.4, -0.2) is 53.7 Å². The van der Waals surface area contributed by atoms with Gasteiger partial charge in [-0.3, -0.25) is 14.3 Å². The summed E-state index contributed by atoms with van der Waals surface area (Å²) in [6.07, 6.45) is -1.51. The maximum atomic E-state index is 15.9. The molecule has 8 atom stereocenters. The SMILES string of the molecule is C=C(C)[C@H]1CC[C@@](C)(S)[C@H](O[P@@H](=S)O[C@H]2[C@@H](F)[C@H](n3ccc(=O)[nH]c3=O)O[C@@H]2CO[Si](C)(C)C(C)(C)C)C1. The lowest BCUT2D eigenvalue weighted by Gasteiger charge is -2.41. The van der Waals surface area contributed by atoms with Gasteiger partial charge in [-0.1, -0.05) is 32.9 Å². The Bertz CT molecular complexity index is 1150. The number of hydrogen-bond donors (Lipinski definition) is 2. The van der Waals surface area contributed by atoms with Gasteiger partial charge < -0.3 is 18.2 Å². The van der Waals surface area contributed by atoms with Crippen molar-refractivity contribution in [1.82, 2.24) is 9.55 Å². The number of aromatic nitrogens is 2. The van der Waals surface area contributed by atoms with E-state index in [9.17, 15) is 9.59 Å². The Morgan fingerprint density at radius 3 is 2.63 bits per heavy atom. The summed E-state index contributed by atoms with van der Waals surface area (Å²) in [5, 5.41) is -0.0692. The quantitative estimate of drug-likeness (QED) is 0.174. The van der Waals surface area contributed by atoms with Gasteiger partial charge in [0.25, 0.3) is 5.56 Å². The van der Waals surface area contributed by atoms with E-state index in [4.69, 9.17) is 42.6 Å². The first-order valence-electron chi connectivity index (χ1n) is 12.9. The summed E-state index contributed by atoms with van der Waals surface area (Å²) in [5.41, 5.74) is -0.259. The molecular weight excluding hydrogens is 566 g/mol. The molecule has 0 aromatic carbocycles. The first-order valence-corrected chi connectivity index (χ1v) is 18.7. The van der Waals surface area contributed by atoms with E-state index in [1.54, 1.807) is 0 Å². The number of thiol groups is 1. The number of rotatable bonds is 9. The smallest absolute Gasteiger partial charge is 0.330 e. The predicted molar refractivity (Wildman–Crippen MR) is 158 cm³/mol. The van der Waals surface area contributed by atoms with E-state index < -0.39 is 56.1 Å². The van der Waals surface area contributed by atoms with Crippen molar-refractivity contribution in [1.29, 1.82) is 0 Å². The van der Waals surface area contributed by atoms with Crippen LogP contribution in [0, 0.1) is 5.92 Å². The molecule has 8 nitrogen and oxygen atoms in total. The molecule has 2 aliphatic rings. The van der Waals surface area contributed by atoms with Crippen molar-refractivity contribution in [3.63, 3.8) is 0 Å². The molecule has 1 aromatic heterocycles. The van der Waals surface area contributed by atoms with Crippen LogP contribution in [0.4, 0.5) is 4.39 Å². The first kappa shape index (κ1) is 31.9. The zero-order valence-corrected chi connectivity index (χ0v) is 27.0. The Morgan fingerprint density at radius 2 is 2.05 bits per heavy atom. The average Bonchev–Trinajstić information content (AvgIpc) is 3.08. The van der Waals surface area contributed by atoms with Crippen molar-refractivity contribution in [2.75, 3.05) is 6.61 Å². The number of H-pyrrole nitrogens is 1. The highest BCUT2D eigenvalue weighted by Crippen LogP contribution is 2.47. The molecule has 0 amide bonds. The van der Waals surface area contributed by atoms with E-state index in [0.29, 0.717) is 5.92 Å². The largest absolute Gasteiger partial charge is 0.414 e. The van der Waals surface area contributed by atoms with Crippen molar-refractivity contribution >= 4 is 39.9 Å². The molecule has 2 fully saturated rings. The number of alkyl halides is 1. The minimum atomic E-state index is -2.36. The lowest BCUT2D eigenvalue weighted by atomic mass is 9.77. The van der Waals surface area contributed by atoms with Crippen molar-refractivity contribution in [3.8, 4) is 0 Å². The van der Waals surface area contributed by atoms with Crippen LogP contribution in [-0.2, 0) is 30.0 Å². The summed E-state index contributed by atoms with van der Waals surface area (Å²) < 4.78 is 41.2. The highest BCUT2D eigenvalue weighted by Gasteiger charge is 2.50. The van der Waals surface area contributed by atoms with Gasteiger partial charge in [-0.05, 0) is 69.0 Å². The third-order valence-electron chi connectivity index (χ3n) is 8.17. The second-order valence-corrected chi connectivity index (χ2v) is 20.0. The molecule has 0 spiro atoms. The molecule has 1 aliphatic heterocycles. The molecule has 2 heterocycles. The zero-order valence-electron chi connectivity index (χ0n) is 23.3.